The van der Waals surface area contributed by atoms with Crippen LogP contribution in [-0.4, -0.2) is 9.97 Å². The molecule has 2 N–H and O–H groups in total. The van der Waals surface area contributed by atoms with Crippen molar-refractivity contribution in [3.05, 3.63) is 77.1 Å². The molecule has 26 heavy (non-hydrogen) atoms. The first-order chi connectivity index (χ1) is 12.4. The maximum atomic E-state index is 13.8. The Kier molecular flexibility index (Phi) is 5.01. The van der Waals surface area contributed by atoms with Crippen LogP contribution in [0.4, 0.5) is 34.9 Å². The second kappa shape index (κ2) is 7.38. The summed E-state index contributed by atoms with van der Waals surface area (Å²) in [6, 6.07) is 9.36. The van der Waals surface area contributed by atoms with Crippen LogP contribution in [-0.2, 0) is 6.54 Å². The number of hydrogen-bond acceptors (Lipinski definition) is 4. The topological polar surface area (TPSA) is 49.8 Å². The van der Waals surface area contributed by atoms with Crippen LogP contribution in [0.25, 0.3) is 0 Å². The van der Waals surface area contributed by atoms with Crippen LogP contribution in [0.1, 0.15) is 11.4 Å². The van der Waals surface area contributed by atoms with Crippen LogP contribution in [0.3, 0.4) is 0 Å². The van der Waals surface area contributed by atoms with Crippen LogP contribution in [0.2, 0.25) is 0 Å². The molecule has 0 unspecified atom stereocenters. The number of halogens is 4. The van der Waals surface area contributed by atoms with E-state index in [0.29, 0.717) is 18.2 Å². The van der Waals surface area contributed by atoms with E-state index in [9.17, 15) is 17.6 Å². The van der Waals surface area contributed by atoms with E-state index in [-0.39, 0.29) is 17.3 Å². The molecule has 0 saturated carbocycles. The molecule has 0 atom stereocenters. The van der Waals surface area contributed by atoms with Crippen molar-refractivity contribution in [3.8, 4) is 0 Å². The fourth-order valence-electron chi connectivity index (χ4n) is 2.28. The third-order valence-corrected chi connectivity index (χ3v) is 3.52. The lowest BCUT2D eigenvalue weighted by Crippen LogP contribution is -2.06. The Morgan fingerprint density at radius 3 is 2.27 bits per heavy atom. The summed E-state index contributed by atoms with van der Waals surface area (Å²) in [5.74, 6) is -3.45. The molecule has 0 saturated heterocycles. The highest BCUT2D eigenvalue weighted by atomic mass is 19.2. The second-order valence-corrected chi connectivity index (χ2v) is 5.51. The Balaban J connectivity index is 1.77. The summed E-state index contributed by atoms with van der Waals surface area (Å²) in [6.07, 6.45) is 0. The van der Waals surface area contributed by atoms with Gasteiger partial charge in [0.2, 0.25) is 0 Å². The van der Waals surface area contributed by atoms with Crippen LogP contribution >= 0.6 is 0 Å². The number of aryl methyl sites for hydroxylation is 1. The summed E-state index contributed by atoms with van der Waals surface area (Å²) in [5.41, 5.74) is 0.593. The molecule has 3 rings (SSSR count). The van der Waals surface area contributed by atoms with Crippen LogP contribution < -0.4 is 10.6 Å². The zero-order valence-corrected chi connectivity index (χ0v) is 13.7. The Morgan fingerprint density at radius 1 is 0.846 bits per heavy atom. The van der Waals surface area contributed by atoms with Gasteiger partial charge in [0, 0.05) is 12.6 Å². The summed E-state index contributed by atoms with van der Waals surface area (Å²) in [4.78, 5) is 8.29. The number of aromatic nitrogens is 2. The van der Waals surface area contributed by atoms with Gasteiger partial charge in [-0.05, 0) is 36.8 Å². The summed E-state index contributed by atoms with van der Waals surface area (Å²) >= 11 is 0. The lowest BCUT2D eigenvalue weighted by atomic mass is 10.2. The summed E-state index contributed by atoms with van der Waals surface area (Å²) < 4.78 is 53.0. The molecule has 134 valence electrons. The fraction of sp³-hybridized carbons (Fsp3) is 0.111. The van der Waals surface area contributed by atoms with Crippen LogP contribution in [0.15, 0.2) is 42.5 Å². The molecule has 0 spiro atoms. The van der Waals surface area contributed by atoms with Gasteiger partial charge in [-0.2, -0.15) is 0 Å². The van der Waals surface area contributed by atoms with Crippen molar-refractivity contribution in [2.75, 3.05) is 10.6 Å². The van der Waals surface area contributed by atoms with Gasteiger partial charge in [0.1, 0.15) is 23.3 Å². The van der Waals surface area contributed by atoms with Crippen molar-refractivity contribution in [3.63, 3.8) is 0 Å². The Bertz CT molecular complexity index is 929. The van der Waals surface area contributed by atoms with Gasteiger partial charge in [-0.15, -0.1) is 0 Å². The van der Waals surface area contributed by atoms with Gasteiger partial charge in [-0.25, -0.2) is 27.5 Å². The highest BCUT2D eigenvalue weighted by molar-refractivity contribution is 5.60. The van der Waals surface area contributed by atoms with Crippen molar-refractivity contribution in [2.45, 2.75) is 13.5 Å². The first kappa shape index (κ1) is 17.7. The van der Waals surface area contributed by atoms with Crippen molar-refractivity contribution in [2.24, 2.45) is 0 Å². The molecule has 1 heterocycles. The fourth-order valence-corrected chi connectivity index (χ4v) is 2.28. The van der Waals surface area contributed by atoms with Crippen molar-refractivity contribution in [1.29, 1.82) is 0 Å². The third-order valence-electron chi connectivity index (χ3n) is 3.52. The normalized spacial score (nSPS) is 10.7. The molecule has 4 nitrogen and oxygen atoms in total. The van der Waals surface area contributed by atoms with E-state index in [1.54, 1.807) is 19.1 Å². The van der Waals surface area contributed by atoms with Crippen LogP contribution in [0, 0.1) is 30.2 Å². The lowest BCUT2D eigenvalue weighted by molar-refractivity contribution is 0.449. The zero-order chi connectivity index (χ0) is 18.7. The molecule has 0 bridgehead atoms. The van der Waals surface area contributed by atoms with E-state index in [1.807, 2.05) is 0 Å². The molecule has 0 aliphatic rings. The Hall–Kier alpha value is -3.16. The summed E-state index contributed by atoms with van der Waals surface area (Å²) in [5, 5.41) is 5.65. The smallest absolute Gasteiger partial charge is 0.196 e. The zero-order valence-electron chi connectivity index (χ0n) is 13.7. The molecule has 2 aromatic carbocycles. The molecular formula is C18H14F4N4. The minimum atomic E-state index is -1.56. The molecule has 0 aliphatic heterocycles. The van der Waals surface area contributed by atoms with Crippen LogP contribution in [0.5, 0.6) is 0 Å². The molecule has 3 aromatic rings. The van der Waals surface area contributed by atoms with Gasteiger partial charge in [0.15, 0.2) is 17.5 Å². The summed E-state index contributed by atoms with van der Waals surface area (Å²) in [7, 11) is 0. The summed E-state index contributed by atoms with van der Waals surface area (Å²) in [6.45, 7) is 2.02. The van der Waals surface area contributed by atoms with Gasteiger partial charge in [0.05, 0.1) is 5.69 Å². The molecule has 0 fully saturated rings. The van der Waals surface area contributed by atoms with E-state index in [1.165, 1.54) is 18.2 Å². The molecule has 0 amide bonds. The highest BCUT2D eigenvalue weighted by Gasteiger charge is 2.14. The first-order valence-corrected chi connectivity index (χ1v) is 7.67. The number of hydrogen-bond donors (Lipinski definition) is 2. The lowest BCUT2D eigenvalue weighted by Gasteiger charge is -2.11. The maximum Gasteiger partial charge on any atom is 0.196 e. The number of nitrogens with zero attached hydrogens (tertiary/aromatic N) is 2. The minimum Gasteiger partial charge on any atom is -0.366 e. The standard InChI is InChI=1S/C18H14F4N4/c1-10-24-15(23-9-11-2-4-12(19)5-3-11)8-16(25-10)26-14-7-6-13(20)17(21)18(14)22/h2-8H,9H2,1H3,(H2,23,24,25,26). The van der Waals surface area contributed by atoms with Gasteiger partial charge in [-0.1, -0.05) is 12.1 Å². The van der Waals surface area contributed by atoms with Gasteiger partial charge < -0.3 is 10.6 Å². The predicted molar refractivity (Wildman–Crippen MR) is 90.1 cm³/mol. The van der Waals surface area contributed by atoms with Gasteiger partial charge in [-0.3, -0.25) is 0 Å². The highest BCUT2D eigenvalue weighted by Crippen LogP contribution is 2.24. The predicted octanol–water partition coefficient (Wildman–Crippen LogP) is 4.70. The SMILES string of the molecule is Cc1nc(NCc2ccc(F)cc2)cc(Nc2ccc(F)c(F)c2F)n1. The van der Waals surface area contributed by atoms with E-state index in [0.717, 1.165) is 17.7 Å². The number of anilines is 3. The third kappa shape index (κ3) is 4.08. The average Bonchev–Trinajstić information content (AvgIpc) is 2.61. The number of nitrogens with one attached hydrogen (secondary N) is 2. The first-order valence-electron chi connectivity index (χ1n) is 7.67. The van der Waals surface area contributed by atoms with E-state index >= 15 is 0 Å². The van der Waals surface area contributed by atoms with E-state index < -0.39 is 17.5 Å². The monoisotopic (exact) mass is 362 g/mol. The molecule has 0 radical (unpaired) electrons. The maximum absolute atomic E-state index is 13.8. The molecule has 1 aromatic heterocycles. The largest absolute Gasteiger partial charge is 0.366 e. The van der Waals surface area contributed by atoms with Crippen molar-refractivity contribution in [1.82, 2.24) is 9.97 Å². The van der Waals surface area contributed by atoms with Gasteiger partial charge in [0.25, 0.3) is 0 Å². The Morgan fingerprint density at radius 2 is 1.54 bits per heavy atom. The molecular weight excluding hydrogens is 348 g/mol. The second-order valence-electron chi connectivity index (χ2n) is 5.51. The molecule has 0 aliphatic carbocycles. The Labute approximate surface area is 146 Å². The average molecular weight is 362 g/mol. The molecule has 8 heteroatoms. The quantitative estimate of drug-likeness (QED) is 0.510. The van der Waals surface area contributed by atoms with Gasteiger partial charge >= 0.3 is 0 Å². The van der Waals surface area contributed by atoms with Crippen molar-refractivity contribution < 1.29 is 17.6 Å². The van der Waals surface area contributed by atoms with Crippen molar-refractivity contribution >= 4 is 17.3 Å². The van der Waals surface area contributed by atoms with E-state index in [4.69, 9.17) is 0 Å². The number of benzene rings is 2. The van der Waals surface area contributed by atoms with E-state index in [2.05, 4.69) is 20.6 Å². The number of rotatable bonds is 5. The minimum absolute atomic E-state index is 0.212.